The predicted molar refractivity (Wildman–Crippen MR) is 180 cm³/mol. The number of hydrogen-bond acceptors (Lipinski definition) is 3. The summed E-state index contributed by atoms with van der Waals surface area (Å²) in [7, 11) is 0. The lowest BCUT2D eigenvalue weighted by atomic mass is 9.97. The van der Waals surface area contributed by atoms with E-state index in [0.717, 1.165) is 44.7 Å². The van der Waals surface area contributed by atoms with Gasteiger partial charge >= 0.3 is 6.18 Å². The molecule has 5 nitrogen and oxygen atoms in total. The molecule has 8 heteroatoms. The zero-order valence-corrected chi connectivity index (χ0v) is 24.9. The molecule has 2 heterocycles. The fraction of sp³-hybridized carbons (Fsp3) is 0.0250. The Bertz CT molecular complexity index is 2760. The van der Waals surface area contributed by atoms with Crippen LogP contribution in [0.2, 0.25) is 0 Å². The summed E-state index contributed by atoms with van der Waals surface area (Å²) in [6, 6.07) is 41.3. The first kappa shape index (κ1) is 28.6. The van der Waals surface area contributed by atoms with Gasteiger partial charge in [-0.05, 0) is 66.2 Å². The van der Waals surface area contributed by atoms with Crippen LogP contribution in [0.4, 0.5) is 13.2 Å². The molecule has 0 radical (unpaired) electrons. The van der Waals surface area contributed by atoms with Gasteiger partial charge in [0, 0.05) is 27.1 Å². The van der Waals surface area contributed by atoms with Crippen molar-refractivity contribution in [1.29, 1.82) is 15.8 Å². The van der Waals surface area contributed by atoms with Gasteiger partial charge in [-0.3, -0.25) is 0 Å². The van der Waals surface area contributed by atoms with E-state index in [0.29, 0.717) is 44.7 Å². The summed E-state index contributed by atoms with van der Waals surface area (Å²) < 4.78 is 46.1. The van der Waals surface area contributed by atoms with Gasteiger partial charge in [0.2, 0.25) is 0 Å². The van der Waals surface area contributed by atoms with Crippen LogP contribution in [0.25, 0.3) is 66.1 Å². The van der Waals surface area contributed by atoms with Gasteiger partial charge in [-0.15, -0.1) is 0 Å². The highest BCUT2D eigenvalue weighted by Crippen LogP contribution is 2.42. The smallest absolute Gasteiger partial charge is 0.309 e. The quantitative estimate of drug-likeness (QED) is 0.195. The molecule has 2 aromatic heterocycles. The van der Waals surface area contributed by atoms with Crippen LogP contribution in [0.15, 0.2) is 121 Å². The number of benzene rings is 6. The largest absolute Gasteiger partial charge is 0.416 e. The van der Waals surface area contributed by atoms with Crippen molar-refractivity contribution in [3.63, 3.8) is 0 Å². The van der Waals surface area contributed by atoms with Crippen molar-refractivity contribution in [3.8, 4) is 40.7 Å². The van der Waals surface area contributed by atoms with E-state index in [1.165, 1.54) is 6.07 Å². The first-order valence-corrected chi connectivity index (χ1v) is 14.9. The number of alkyl halides is 3. The van der Waals surface area contributed by atoms with Crippen molar-refractivity contribution in [1.82, 2.24) is 9.13 Å². The zero-order chi connectivity index (χ0) is 33.2. The van der Waals surface area contributed by atoms with Crippen molar-refractivity contribution < 1.29 is 13.2 Å². The summed E-state index contributed by atoms with van der Waals surface area (Å²) >= 11 is 0. The molecule has 0 unspecified atom stereocenters. The monoisotopic (exact) mass is 627 g/mol. The maximum atomic E-state index is 14.1. The topological polar surface area (TPSA) is 81.2 Å². The zero-order valence-electron chi connectivity index (χ0n) is 24.9. The van der Waals surface area contributed by atoms with Gasteiger partial charge in [0.25, 0.3) is 0 Å². The van der Waals surface area contributed by atoms with Crippen LogP contribution in [0.5, 0.6) is 0 Å². The fourth-order valence-electron chi connectivity index (χ4n) is 6.73. The number of aromatic nitrogens is 2. The van der Waals surface area contributed by atoms with Gasteiger partial charge in [-0.2, -0.15) is 29.0 Å². The molecule has 0 aliphatic rings. The van der Waals surface area contributed by atoms with E-state index < -0.39 is 11.7 Å². The second-order valence-electron chi connectivity index (χ2n) is 11.5. The summed E-state index contributed by atoms with van der Waals surface area (Å²) in [5.74, 6) is 0. The standard InChI is InChI=1S/C40H20F3N5/c41-40(42,43)28-7-5-6-26(18-28)33-20-36(47-34-10-3-1-8-29(34)31-14-12-24(21-44)16-37(31)47)27(23-46)19-39(33)48-35-11-4-2-9-30(35)32-15-13-25(22-45)17-38(32)48/h1-20H. The highest BCUT2D eigenvalue weighted by atomic mass is 19.4. The summed E-state index contributed by atoms with van der Waals surface area (Å²) in [4.78, 5) is 0. The van der Waals surface area contributed by atoms with E-state index in [1.807, 2.05) is 69.8 Å². The Hall–Kier alpha value is -6.82. The average molecular weight is 628 g/mol. The fourth-order valence-corrected chi connectivity index (χ4v) is 6.73. The van der Waals surface area contributed by atoms with Crippen molar-refractivity contribution in [2.24, 2.45) is 0 Å². The molecule has 0 fully saturated rings. The minimum Gasteiger partial charge on any atom is -0.309 e. The van der Waals surface area contributed by atoms with Crippen molar-refractivity contribution in [2.45, 2.75) is 6.18 Å². The highest BCUT2D eigenvalue weighted by Gasteiger charge is 2.31. The molecular formula is C40H20F3N5. The van der Waals surface area contributed by atoms with Gasteiger partial charge in [-0.25, -0.2) is 0 Å². The third kappa shape index (κ3) is 4.31. The molecule has 8 aromatic rings. The first-order valence-electron chi connectivity index (χ1n) is 14.9. The lowest BCUT2D eigenvalue weighted by Gasteiger charge is -2.19. The molecule has 0 amide bonds. The van der Waals surface area contributed by atoms with Gasteiger partial charge in [0.15, 0.2) is 0 Å². The molecule has 0 atom stereocenters. The van der Waals surface area contributed by atoms with Gasteiger partial charge in [-0.1, -0.05) is 60.7 Å². The summed E-state index contributed by atoms with van der Waals surface area (Å²) in [5.41, 5.74) is 4.90. The van der Waals surface area contributed by atoms with Crippen molar-refractivity contribution in [2.75, 3.05) is 0 Å². The Morgan fingerprint density at radius 1 is 0.479 bits per heavy atom. The maximum Gasteiger partial charge on any atom is 0.416 e. The Morgan fingerprint density at radius 2 is 1.02 bits per heavy atom. The number of nitriles is 3. The second-order valence-corrected chi connectivity index (χ2v) is 11.5. The van der Waals surface area contributed by atoms with E-state index in [9.17, 15) is 29.0 Å². The van der Waals surface area contributed by atoms with Crippen molar-refractivity contribution >= 4 is 43.6 Å². The van der Waals surface area contributed by atoms with Crippen LogP contribution in [0.1, 0.15) is 22.3 Å². The van der Waals surface area contributed by atoms with Crippen LogP contribution < -0.4 is 0 Å². The molecule has 8 rings (SSSR count). The molecule has 0 N–H and O–H groups in total. The summed E-state index contributed by atoms with van der Waals surface area (Å²) in [6.07, 6.45) is -4.58. The molecule has 226 valence electrons. The second kappa shape index (κ2) is 10.6. The molecule has 6 aromatic carbocycles. The lowest BCUT2D eigenvalue weighted by molar-refractivity contribution is -0.137. The third-order valence-corrected chi connectivity index (χ3v) is 8.82. The Morgan fingerprint density at radius 3 is 1.56 bits per heavy atom. The number of nitrogens with zero attached hydrogens (tertiary/aromatic N) is 5. The molecular weight excluding hydrogens is 607 g/mol. The Kier molecular flexibility index (Phi) is 6.34. The number of halogens is 3. The van der Waals surface area contributed by atoms with Crippen LogP contribution >= 0.6 is 0 Å². The first-order chi connectivity index (χ1) is 23.3. The number of rotatable bonds is 3. The SMILES string of the molecule is N#Cc1ccc2c3ccccc3n(-c3cc(-c4cccc(C(F)(F)F)c4)c(-n4c5ccccc5c5ccc(C#N)cc54)cc3C#N)c2c1. The Balaban J connectivity index is 1.55. The molecule has 48 heavy (non-hydrogen) atoms. The van der Waals surface area contributed by atoms with E-state index in [-0.39, 0.29) is 5.56 Å². The van der Waals surface area contributed by atoms with Crippen molar-refractivity contribution in [3.05, 3.63) is 144 Å². The molecule has 0 spiro atoms. The van der Waals surface area contributed by atoms with Crippen LogP contribution in [0.3, 0.4) is 0 Å². The Labute approximate surface area is 271 Å². The summed E-state index contributed by atoms with van der Waals surface area (Å²) in [6.45, 7) is 0. The molecule has 0 saturated heterocycles. The number of fused-ring (bicyclic) bond motifs is 6. The van der Waals surface area contributed by atoms with Crippen LogP contribution in [0, 0.1) is 34.0 Å². The molecule has 0 bridgehead atoms. The summed E-state index contributed by atoms with van der Waals surface area (Å²) in [5, 5.41) is 33.7. The number of hydrogen-bond donors (Lipinski definition) is 0. The normalized spacial score (nSPS) is 11.6. The molecule has 0 aliphatic heterocycles. The van der Waals surface area contributed by atoms with E-state index in [1.54, 1.807) is 42.5 Å². The number of para-hydroxylation sites is 2. The van der Waals surface area contributed by atoms with E-state index >= 15 is 0 Å². The molecule has 0 aliphatic carbocycles. The van der Waals surface area contributed by atoms with Crippen LogP contribution in [-0.2, 0) is 6.18 Å². The minimum atomic E-state index is -4.58. The minimum absolute atomic E-state index is 0.271. The van der Waals surface area contributed by atoms with Gasteiger partial charge in [0.05, 0.1) is 67.8 Å². The molecule has 0 saturated carbocycles. The highest BCUT2D eigenvalue weighted by molar-refractivity contribution is 6.11. The van der Waals surface area contributed by atoms with Gasteiger partial charge in [0.1, 0.15) is 6.07 Å². The van der Waals surface area contributed by atoms with E-state index in [2.05, 4.69) is 18.2 Å². The van der Waals surface area contributed by atoms with Gasteiger partial charge < -0.3 is 9.13 Å². The van der Waals surface area contributed by atoms with E-state index in [4.69, 9.17) is 0 Å². The predicted octanol–water partition coefficient (Wildman–Crippen LogP) is 10.2. The third-order valence-electron chi connectivity index (χ3n) is 8.82. The van der Waals surface area contributed by atoms with Crippen LogP contribution in [-0.4, -0.2) is 9.13 Å². The maximum absolute atomic E-state index is 14.1. The average Bonchev–Trinajstić information content (AvgIpc) is 3.62. The lowest BCUT2D eigenvalue weighted by Crippen LogP contribution is -2.06.